The van der Waals surface area contributed by atoms with Gasteiger partial charge in [-0.25, -0.2) is 4.79 Å². The third-order valence-electron chi connectivity index (χ3n) is 2.16. The number of amides is 1. The molecule has 0 spiro atoms. The summed E-state index contributed by atoms with van der Waals surface area (Å²) >= 11 is 1.61. The van der Waals surface area contributed by atoms with Crippen molar-refractivity contribution in [3.05, 3.63) is 16.6 Å². The molecular formula is C8H10N2O2S. The van der Waals surface area contributed by atoms with Crippen LogP contribution in [0, 0.1) is 0 Å². The minimum Gasteiger partial charge on any atom is -0.447 e. The lowest BCUT2D eigenvalue weighted by Gasteiger charge is -2.14. The topological polar surface area (TPSA) is 42.4 Å². The van der Waals surface area contributed by atoms with Gasteiger partial charge in [-0.3, -0.25) is 4.98 Å². The molecule has 1 aliphatic rings. The molecule has 0 N–H and O–H groups in total. The van der Waals surface area contributed by atoms with Gasteiger partial charge in [0.15, 0.2) is 0 Å². The zero-order valence-electron chi connectivity index (χ0n) is 7.27. The van der Waals surface area contributed by atoms with Crippen LogP contribution in [0.4, 0.5) is 4.79 Å². The minimum atomic E-state index is -0.227. The summed E-state index contributed by atoms with van der Waals surface area (Å²) in [5.74, 6) is 0. The third-order valence-corrected chi connectivity index (χ3v) is 2.96. The fourth-order valence-corrected chi connectivity index (χ4v) is 1.97. The van der Waals surface area contributed by atoms with Gasteiger partial charge in [-0.2, -0.15) is 0 Å². The van der Waals surface area contributed by atoms with Crippen molar-refractivity contribution in [2.45, 2.75) is 12.5 Å². The van der Waals surface area contributed by atoms with Crippen LogP contribution in [0.3, 0.4) is 0 Å². The van der Waals surface area contributed by atoms with Gasteiger partial charge in [0, 0.05) is 24.5 Å². The number of hydrogen-bond acceptors (Lipinski definition) is 4. The van der Waals surface area contributed by atoms with Crippen LogP contribution in [0.25, 0.3) is 0 Å². The highest BCUT2D eigenvalue weighted by atomic mass is 32.1. The highest BCUT2D eigenvalue weighted by Gasteiger charge is 2.29. The number of ether oxygens (including phenoxy) is 1. The van der Waals surface area contributed by atoms with Crippen molar-refractivity contribution in [1.82, 2.24) is 9.88 Å². The van der Waals surface area contributed by atoms with Gasteiger partial charge < -0.3 is 9.64 Å². The van der Waals surface area contributed by atoms with Gasteiger partial charge in [0.2, 0.25) is 0 Å². The van der Waals surface area contributed by atoms with E-state index in [1.807, 2.05) is 6.20 Å². The zero-order chi connectivity index (χ0) is 9.26. The molecule has 0 aromatic carbocycles. The molecule has 4 nitrogen and oxygen atoms in total. The van der Waals surface area contributed by atoms with E-state index in [1.165, 1.54) is 4.88 Å². The van der Waals surface area contributed by atoms with Crippen molar-refractivity contribution in [3.63, 3.8) is 0 Å². The number of likely N-dealkylation sites (N-methyl/N-ethyl adjacent to an activating group) is 1. The van der Waals surface area contributed by atoms with E-state index in [0.29, 0.717) is 6.61 Å². The second kappa shape index (κ2) is 3.33. The summed E-state index contributed by atoms with van der Waals surface area (Å²) < 4.78 is 4.90. The highest BCUT2D eigenvalue weighted by Crippen LogP contribution is 2.16. The zero-order valence-corrected chi connectivity index (χ0v) is 8.08. The molecule has 0 bridgehead atoms. The lowest BCUT2D eigenvalue weighted by molar-refractivity contribution is 0.163. The molecule has 2 heterocycles. The molecule has 1 saturated heterocycles. The van der Waals surface area contributed by atoms with Crippen molar-refractivity contribution in [3.8, 4) is 0 Å². The second-order valence-electron chi connectivity index (χ2n) is 3.01. The first-order valence-corrected chi connectivity index (χ1v) is 4.92. The van der Waals surface area contributed by atoms with Crippen molar-refractivity contribution in [2.24, 2.45) is 0 Å². The van der Waals surface area contributed by atoms with Gasteiger partial charge >= 0.3 is 6.09 Å². The third kappa shape index (κ3) is 1.65. The molecule has 0 radical (unpaired) electrons. The van der Waals surface area contributed by atoms with Crippen LogP contribution in [-0.4, -0.2) is 35.7 Å². The molecule has 1 aromatic rings. The van der Waals surface area contributed by atoms with E-state index in [2.05, 4.69) is 4.98 Å². The average molecular weight is 198 g/mol. The lowest BCUT2D eigenvalue weighted by Crippen LogP contribution is -2.30. The minimum absolute atomic E-state index is 0.174. The van der Waals surface area contributed by atoms with Crippen LogP contribution in [0.2, 0.25) is 0 Å². The maximum absolute atomic E-state index is 11.0. The number of carbonyl (C=O) groups is 1. The summed E-state index contributed by atoms with van der Waals surface area (Å²) in [6.45, 7) is 0.493. The van der Waals surface area contributed by atoms with Gasteiger partial charge in [-0.1, -0.05) is 0 Å². The summed E-state index contributed by atoms with van der Waals surface area (Å²) in [6, 6.07) is 0.174. The van der Waals surface area contributed by atoms with Gasteiger partial charge in [0.05, 0.1) is 11.6 Å². The Hall–Kier alpha value is -1.10. The molecule has 1 unspecified atom stereocenters. The van der Waals surface area contributed by atoms with Gasteiger partial charge in [-0.15, -0.1) is 11.3 Å². The maximum Gasteiger partial charge on any atom is 0.409 e. The molecule has 0 saturated carbocycles. The Bertz CT molecular complexity index is 299. The van der Waals surface area contributed by atoms with Crippen LogP contribution in [-0.2, 0) is 11.2 Å². The van der Waals surface area contributed by atoms with E-state index in [4.69, 9.17) is 4.74 Å². The van der Waals surface area contributed by atoms with E-state index >= 15 is 0 Å². The number of carbonyl (C=O) groups excluding carboxylic acids is 1. The summed E-state index contributed by atoms with van der Waals surface area (Å²) in [5.41, 5.74) is 1.80. The van der Waals surface area contributed by atoms with Crippen LogP contribution in [0.15, 0.2) is 11.7 Å². The number of nitrogens with zero attached hydrogens (tertiary/aromatic N) is 2. The van der Waals surface area contributed by atoms with Gasteiger partial charge in [0.25, 0.3) is 0 Å². The molecule has 1 aromatic heterocycles. The molecule has 5 heteroatoms. The van der Waals surface area contributed by atoms with Crippen LogP contribution < -0.4 is 0 Å². The highest BCUT2D eigenvalue weighted by molar-refractivity contribution is 7.09. The first kappa shape index (κ1) is 8.50. The fourth-order valence-electron chi connectivity index (χ4n) is 1.30. The van der Waals surface area contributed by atoms with Crippen LogP contribution >= 0.6 is 11.3 Å². The Labute approximate surface area is 80.1 Å². The van der Waals surface area contributed by atoms with Gasteiger partial charge in [-0.05, 0) is 0 Å². The Morgan fingerprint density at radius 1 is 1.85 bits per heavy atom. The van der Waals surface area contributed by atoms with Crippen LogP contribution in [0.1, 0.15) is 4.88 Å². The molecule has 1 fully saturated rings. The summed E-state index contributed by atoms with van der Waals surface area (Å²) in [6.07, 6.45) is 2.45. The van der Waals surface area contributed by atoms with E-state index in [0.717, 1.165) is 6.42 Å². The number of thiazole rings is 1. The van der Waals surface area contributed by atoms with E-state index in [1.54, 1.807) is 28.8 Å². The predicted octanol–water partition coefficient (Wildman–Crippen LogP) is 1.14. The lowest BCUT2D eigenvalue weighted by atomic mass is 10.2. The largest absolute Gasteiger partial charge is 0.447 e. The first-order chi connectivity index (χ1) is 6.27. The molecule has 1 atom stereocenters. The standard InChI is InChI=1S/C8H10N2O2S/c1-10-6(4-12-8(10)11)2-7-3-9-5-13-7/h3,5-6H,2,4H2,1H3. The molecule has 1 amide bonds. The molecule has 2 rings (SSSR count). The van der Waals surface area contributed by atoms with Crippen molar-refractivity contribution in [1.29, 1.82) is 0 Å². The molecule has 1 aliphatic heterocycles. The molecular weight excluding hydrogens is 188 g/mol. The fraction of sp³-hybridized carbons (Fsp3) is 0.500. The van der Waals surface area contributed by atoms with E-state index in [9.17, 15) is 4.79 Å². The Balaban J connectivity index is 2.00. The normalized spacial score (nSPS) is 22.1. The maximum atomic E-state index is 11.0. The van der Waals surface area contributed by atoms with Crippen molar-refractivity contribution in [2.75, 3.05) is 13.7 Å². The van der Waals surface area contributed by atoms with Crippen molar-refractivity contribution < 1.29 is 9.53 Å². The number of rotatable bonds is 2. The summed E-state index contributed by atoms with van der Waals surface area (Å²) in [4.78, 5) is 17.8. The summed E-state index contributed by atoms with van der Waals surface area (Å²) in [5, 5.41) is 0. The molecule has 13 heavy (non-hydrogen) atoms. The number of cyclic esters (lactones) is 1. The quantitative estimate of drug-likeness (QED) is 0.715. The van der Waals surface area contributed by atoms with E-state index < -0.39 is 0 Å². The number of aromatic nitrogens is 1. The van der Waals surface area contributed by atoms with Gasteiger partial charge in [0.1, 0.15) is 6.61 Å². The molecule has 0 aliphatic carbocycles. The SMILES string of the molecule is CN1C(=O)OCC1Cc1cncs1. The smallest absolute Gasteiger partial charge is 0.409 e. The molecule has 70 valence electrons. The van der Waals surface area contributed by atoms with Crippen LogP contribution in [0.5, 0.6) is 0 Å². The Kier molecular flexibility index (Phi) is 2.18. The number of hydrogen-bond donors (Lipinski definition) is 0. The predicted molar refractivity (Wildman–Crippen MR) is 48.7 cm³/mol. The second-order valence-corrected chi connectivity index (χ2v) is 3.98. The summed E-state index contributed by atoms with van der Waals surface area (Å²) in [7, 11) is 1.76. The van der Waals surface area contributed by atoms with E-state index in [-0.39, 0.29) is 12.1 Å². The first-order valence-electron chi connectivity index (χ1n) is 4.04. The van der Waals surface area contributed by atoms with Crippen molar-refractivity contribution >= 4 is 17.4 Å². The monoisotopic (exact) mass is 198 g/mol. The Morgan fingerprint density at radius 2 is 2.69 bits per heavy atom. The Morgan fingerprint density at radius 3 is 3.23 bits per heavy atom. The average Bonchev–Trinajstić information content (AvgIpc) is 2.71.